The normalized spacial score (nSPS) is 10.6. The van der Waals surface area contributed by atoms with Crippen LogP contribution in [-0.2, 0) is 0 Å². The topological polar surface area (TPSA) is 92.3 Å². The minimum absolute atomic E-state index is 0.253. The molecule has 0 amide bonds. The van der Waals surface area contributed by atoms with Crippen LogP contribution in [-0.4, -0.2) is 35.4 Å². The molecule has 6 nitrogen and oxygen atoms in total. The summed E-state index contributed by atoms with van der Waals surface area (Å²) in [6.07, 6.45) is 0. The Hall–Kier alpha value is -1.87. The highest BCUT2D eigenvalue weighted by atomic mass is 32.2. The van der Waals surface area contributed by atoms with Crippen LogP contribution in [0.5, 0.6) is 0 Å². The van der Waals surface area contributed by atoms with E-state index in [-0.39, 0.29) is 11.3 Å². The quantitative estimate of drug-likeness (QED) is 0.835. The number of hydrogen-bond acceptors (Lipinski definition) is 7. The summed E-state index contributed by atoms with van der Waals surface area (Å²) < 4.78 is 13.9. The van der Waals surface area contributed by atoms with Crippen molar-refractivity contribution in [2.75, 3.05) is 24.7 Å². The van der Waals surface area contributed by atoms with Gasteiger partial charge in [-0.15, -0.1) is 10.2 Å². The first-order chi connectivity index (χ1) is 9.40. The molecule has 2 rings (SSSR count). The molecule has 0 unspecified atom stereocenters. The molecule has 3 N–H and O–H groups in total. The third-order valence-electron chi connectivity index (χ3n) is 2.34. The summed E-state index contributed by atoms with van der Waals surface area (Å²) in [5.41, 5.74) is 4.85. The number of hydrogen-bond donors (Lipinski definition) is 2. The zero-order valence-electron chi connectivity index (χ0n) is 10.6. The first-order valence-electron chi connectivity index (χ1n) is 5.40. The average Bonchev–Trinajstić information content (AvgIpc) is 2.82. The van der Waals surface area contributed by atoms with E-state index >= 15 is 0 Å². The lowest BCUT2D eigenvalue weighted by atomic mass is 10.2. The fraction of sp³-hybridized carbons (Fsp3) is 0.182. The third kappa shape index (κ3) is 2.83. The van der Waals surface area contributed by atoms with Crippen LogP contribution in [0.2, 0.25) is 0 Å². The van der Waals surface area contributed by atoms with Crippen molar-refractivity contribution in [3.05, 3.63) is 23.5 Å². The Labute approximate surface area is 122 Å². The Morgan fingerprint density at radius 1 is 1.45 bits per heavy atom. The van der Waals surface area contributed by atoms with Crippen molar-refractivity contribution in [3.8, 4) is 0 Å². The minimum Gasteiger partial charge on any atom is -0.478 e. The summed E-state index contributed by atoms with van der Waals surface area (Å²) in [6, 6.07) is 2.51. The Morgan fingerprint density at radius 3 is 2.70 bits per heavy atom. The zero-order chi connectivity index (χ0) is 14.9. The van der Waals surface area contributed by atoms with Gasteiger partial charge in [0.2, 0.25) is 5.13 Å². The molecule has 0 saturated carbocycles. The summed E-state index contributed by atoms with van der Waals surface area (Å²) in [5.74, 6) is -2.03. The van der Waals surface area contributed by atoms with Crippen molar-refractivity contribution in [2.45, 2.75) is 9.24 Å². The largest absolute Gasteiger partial charge is 0.478 e. The molecule has 1 heterocycles. The van der Waals surface area contributed by atoms with E-state index in [2.05, 4.69) is 10.2 Å². The maximum Gasteiger partial charge on any atom is 0.339 e. The number of nitrogens with zero attached hydrogens (tertiary/aromatic N) is 3. The second-order valence-electron chi connectivity index (χ2n) is 3.99. The van der Waals surface area contributed by atoms with Crippen LogP contribution in [0.3, 0.4) is 0 Å². The molecule has 0 bridgehead atoms. The number of rotatable bonds is 4. The van der Waals surface area contributed by atoms with E-state index in [1.807, 2.05) is 14.1 Å². The van der Waals surface area contributed by atoms with E-state index in [4.69, 9.17) is 10.8 Å². The van der Waals surface area contributed by atoms with Gasteiger partial charge in [0, 0.05) is 19.0 Å². The minimum atomic E-state index is -1.28. The number of aromatic nitrogens is 2. The molecule has 0 aliphatic carbocycles. The van der Waals surface area contributed by atoms with Gasteiger partial charge < -0.3 is 15.7 Å². The molecule has 0 aliphatic heterocycles. The molecule has 9 heteroatoms. The van der Waals surface area contributed by atoms with Crippen LogP contribution in [0.1, 0.15) is 10.4 Å². The van der Waals surface area contributed by atoms with E-state index in [1.54, 1.807) is 4.90 Å². The maximum atomic E-state index is 13.3. The van der Waals surface area contributed by atoms with Crippen molar-refractivity contribution < 1.29 is 14.3 Å². The molecule has 2 aromatic rings. The number of nitrogens with two attached hydrogens (primary N) is 1. The second-order valence-corrected chi connectivity index (χ2v) is 6.23. The van der Waals surface area contributed by atoms with Crippen LogP contribution in [0.25, 0.3) is 0 Å². The monoisotopic (exact) mass is 314 g/mol. The summed E-state index contributed by atoms with van der Waals surface area (Å²) in [6.45, 7) is 0. The van der Waals surface area contributed by atoms with Gasteiger partial charge in [-0.25, -0.2) is 9.18 Å². The van der Waals surface area contributed by atoms with E-state index in [9.17, 15) is 9.18 Å². The molecule has 0 saturated heterocycles. The highest BCUT2D eigenvalue weighted by Crippen LogP contribution is 2.37. The SMILES string of the molecule is CN(C)c1nnc(Sc2ccc(F)c(N)c2C(=O)O)s1. The highest BCUT2D eigenvalue weighted by molar-refractivity contribution is 8.01. The molecular weight excluding hydrogens is 303 g/mol. The van der Waals surface area contributed by atoms with Gasteiger partial charge in [-0.2, -0.15) is 0 Å². The van der Waals surface area contributed by atoms with Crippen molar-refractivity contribution >= 4 is 39.9 Å². The van der Waals surface area contributed by atoms with Crippen molar-refractivity contribution in [3.63, 3.8) is 0 Å². The first-order valence-corrected chi connectivity index (χ1v) is 7.03. The van der Waals surface area contributed by atoms with Gasteiger partial charge in [0.05, 0.1) is 11.3 Å². The number of halogens is 1. The van der Waals surface area contributed by atoms with E-state index in [0.29, 0.717) is 14.4 Å². The van der Waals surface area contributed by atoms with Crippen molar-refractivity contribution in [2.24, 2.45) is 0 Å². The Balaban J connectivity index is 2.38. The zero-order valence-corrected chi connectivity index (χ0v) is 12.3. The molecule has 0 fully saturated rings. The average molecular weight is 314 g/mol. The van der Waals surface area contributed by atoms with Crippen molar-refractivity contribution in [1.82, 2.24) is 10.2 Å². The Bertz CT molecular complexity index is 660. The fourth-order valence-electron chi connectivity index (χ4n) is 1.40. The number of benzene rings is 1. The van der Waals surface area contributed by atoms with Gasteiger partial charge in [0.15, 0.2) is 4.34 Å². The van der Waals surface area contributed by atoms with E-state index in [1.165, 1.54) is 17.4 Å². The van der Waals surface area contributed by atoms with Gasteiger partial charge in [0.25, 0.3) is 0 Å². The van der Waals surface area contributed by atoms with Crippen LogP contribution in [0.4, 0.5) is 15.2 Å². The predicted molar refractivity (Wildman–Crippen MR) is 76.1 cm³/mol. The molecule has 1 aromatic carbocycles. The van der Waals surface area contributed by atoms with Gasteiger partial charge in [-0.05, 0) is 12.1 Å². The molecule has 20 heavy (non-hydrogen) atoms. The van der Waals surface area contributed by atoms with Gasteiger partial charge in [-0.1, -0.05) is 23.1 Å². The van der Waals surface area contributed by atoms with Crippen LogP contribution < -0.4 is 10.6 Å². The fourth-order valence-corrected chi connectivity index (χ4v) is 3.27. The first kappa shape index (κ1) is 14.5. The molecule has 0 aliphatic rings. The second kappa shape index (κ2) is 5.63. The van der Waals surface area contributed by atoms with E-state index < -0.39 is 11.8 Å². The number of carboxylic acids is 1. The number of aromatic carboxylic acids is 1. The molecule has 106 valence electrons. The number of carbonyl (C=O) groups is 1. The van der Waals surface area contributed by atoms with Crippen LogP contribution in [0.15, 0.2) is 21.4 Å². The number of carboxylic acid groups (broad SMARTS) is 1. The molecule has 0 spiro atoms. The van der Waals surface area contributed by atoms with E-state index in [0.717, 1.165) is 17.8 Å². The lowest BCUT2D eigenvalue weighted by Gasteiger charge is -2.07. The summed E-state index contributed by atoms with van der Waals surface area (Å²) in [7, 11) is 3.65. The standard InChI is InChI=1S/C11H11FN4O2S2/c1-16(2)10-14-15-11(20-10)19-6-4-3-5(12)8(13)7(6)9(17)18/h3-4H,13H2,1-2H3,(H,17,18). The summed E-state index contributed by atoms with van der Waals surface area (Å²) in [5, 5.41) is 17.7. The van der Waals surface area contributed by atoms with Crippen LogP contribution >= 0.6 is 23.1 Å². The Kier molecular flexibility index (Phi) is 4.09. The molecule has 0 atom stereocenters. The molecular formula is C11H11FN4O2S2. The Morgan fingerprint density at radius 2 is 2.15 bits per heavy atom. The highest BCUT2D eigenvalue weighted by Gasteiger charge is 2.19. The van der Waals surface area contributed by atoms with Gasteiger partial charge in [-0.3, -0.25) is 0 Å². The lowest BCUT2D eigenvalue weighted by molar-refractivity contribution is 0.0694. The summed E-state index contributed by atoms with van der Waals surface area (Å²) >= 11 is 2.40. The van der Waals surface area contributed by atoms with Gasteiger partial charge in [0.1, 0.15) is 5.82 Å². The predicted octanol–water partition coefficient (Wildman–Crippen LogP) is 2.17. The smallest absolute Gasteiger partial charge is 0.339 e. The molecule has 0 radical (unpaired) electrons. The van der Waals surface area contributed by atoms with Crippen LogP contribution in [0, 0.1) is 5.82 Å². The lowest BCUT2D eigenvalue weighted by Crippen LogP contribution is -2.07. The van der Waals surface area contributed by atoms with Crippen molar-refractivity contribution in [1.29, 1.82) is 0 Å². The summed E-state index contributed by atoms with van der Waals surface area (Å²) in [4.78, 5) is 13.3. The maximum absolute atomic E-state index is 13.3. The molecule has 1 aromatic heterocycles. The number of anilines is 2. The third-order valence-corrected chi connectivity index (χ3v) is 4.55. The van der Waals surface area contributed by atoms with Gasteiger partial charge >= 0.3 is 5.97 Å². The number of nitrogen functional groups attached to an aromatic ring is 1.